The normalized spacial score (nSPS) is 11.2. The van der Waals surface area contributed by atoms with Gasteiger partial charge in [-0.15, -0.1) is 10.2 Å². The molecule has 98 valence electrons. The van der Waals surface area contributed by atoms with E-state index in [1.807, 2.05) is 42.5 Å². The molecule has 3 rings (SSSR count). The first kappa shape index (κ1) is 12.2. The van der Waals surface area contributed by atoms with Gasteiger partial charge in [-0.25, -0.2) is 0 Å². The van der Waals surface area contributed by atoms with Gasteiger partial charge in [0, 0.05) is 11.5 Å². The summed E-state index contributed by atoms with van der Waals surface area (Å²) in [6.07, 6.45) is 0. The molecule has 0 aliphatic heterocycles. The summed E-state index contributed by atoms with van der Waals surface area (Å²) in [5.41, 5.74) is 1.05. The molecular weight excluding hydrogens is 252 g/mol. The number of nitrogens with zero attached hydrogens (tertiary/aromatic N) is 2. The lowest BCUT2D eigenvalue weighted by molar-refractivity contribution is 0.451. The third kappa shape index (κ3) is 2.31. The van der Waals surface area contributed by atoms with Crippen LogP contribution < -0.4 is 0 Å². The Bertz CT molecular complexity index is 792. The summed E-state index contributed by atoms with van der Waals surface area (Å²) in [5, 5.41) is 29.2. The monoisotopic (exact) mass is 264 g/mol. The van der Waals surface area contributed by atoms with Crippen molar-refractivity contribution in [1.82, 2.24) is 0 Å². The lowest BCUT2D eigenvalue weighted by atomic mass is 10.1. The van der Waals surface area contributed by atoms with Crippen LogP contribution in [0.2, 0.25) is 0 Å². The lowest BCUT2D eigenvalue weighted by Crippen LogP contribution is -1.72. The van der Waals surface area contributed by atoms with E-state index in [0.29, 0.717) is 5.69 Å². The fourth-order valence-corrected chi connectivity index (χ4v) is 2.00. The molecule has 0 aromatic heterocycles. The first-order valence-electron chi connectivity index (χ1n) is 6.15. The molecule has 0 saturated heterocycles. The summed E-state index contributed by atoms with van der Waals surface area (Å²) in [5.74, 6) is -0.111. The summed E-state index contributed by atoms with van der Waals surface area (Å²) in [4.78, 5) is 0. The van der Waals surface area contributed by atoms with Crippen molar-refractivity contribution in [3.8, 4) is 11.5 Å². The number of fused-ring (bicyclic) bond motifs is 1. The second kappa shape index (κ2) is 5.01. The second-order valence-corrected chi connectivity index (χ2v) is 4.37. The van der Waals surface area contributed by atoms with E-state index in [0.717, 1.165) is 16.5 Å². The van der Waals surface area contributed by atoms with Gasteiger partial charge < -0.3 is 10.2 Å². The fourth-order valence-electron chi connectivity index (χ4n) is 2.00. The lowest BCUT2D eigenvalue weighted by Gasteiger charge is -2.01. The van der Waals surface area contributed by atoms with E-state index in [1.54, 1.807) is 0 Å². The van der Waals surface area contributed by atoms with Crippen LogP contribution in [0.4, 0.5) is 11.4 Å². The number of azo groups is 1. The Morgan fingerprint density at radius 1 is 0.700 bits per heavy atom. The van der Waals surface area contributed by atoms with Crippen molar-refractivity contribution in [2.75, 3.05) is 0 Å². The van der Waals surface area contributed by atoms with Gasteiger partial charge in [-0.05, 0) is 23.6 Å². The Morgan fingerprint density at radius 2 is 1.45 bits per heavy atom. The predicted molar refractivity (Wildman–Crippen MR) is 77.9 cm³/mol. The van der Waals surface area contributed by atoms with Crippen LogP contribution in [0.5, 0.6) is 11.5 Å². The Balaban J connectivity index is 2.02. The quantitative estimate of drug-likeness (QED) is 0.661. The van der Waals surface area contributed by atoms with Gasteiger partial charge in [0.25, 0.3) is 0 Å². The van der Waals surface area contributed by atoms with Crippen LogP contribution >= 0.6 is 0 Å². The van der Waals surface area contributed by atoms with Gasteiger partial charge in [-0.1, -0.05) is 36.4 Å². The predicted octanol–water partition coefficient (Wildman–Crippen LogP) is 4.67. The topological polar surface area (TPSA) is 65.2 Å². The van der Waals surface area contributed by atoms with Crippen LogP contribution in [0.1, 0.15) is 0 Å². The van der Waals surface area contributed by atoms with Crippen molar-refractivity contribution in [3.63, 3.8) is 0 Å². The van der Waals surface area contributed by atoms with E-state index in [1.165, 1.54) is 18.2 Å². The molecular formula is C16H12N2O2. The Kier molecular flexibility index (Phi) is 3.05. The van der Waals surface area contributed by atoms with Gasteiger partial charge in [0.1, 0.15) is 17.2 Å². The van der Waals surface area contributed by atoms with Crippen LogP contribution in [-0.2, 0) is 0 Å². The highest BCUT2D eigenvalue weighted by Crippen LogP contribution is 2.32. The third-order valence-electron chi connectivity index (χ3n) is 2.99. The molecule has 0 saturated carbocycles. The van der Waals surface area contributed by atoms with Crippen molar-refractivity contribution >= 4 is 22.1 Å². The molecule has 4 heteroatoms. The average Bonchev–Trinajstić information content (AvgIpc) is 2.46. The van der Waals surface area contributed by atoms with E-state index in [-0.39, 0.29) is 11.5 Å². The number of phenols is 2. The van der Waals surface area contributed by atoms with Crippen molar-refractivity contribution in [2.24, 2.45) is 10.2 Å². The standard InChI is InChI=1S/C16H12N2O2/c19-12-8-9-15(16(20)10-12)18-17-14-7-3-5-11-4-1-2-6-13(11)14/h1-10,19-20H. The largest absolute Gasteiger partial charge is 0.508 e. The molecule has 0 heterocycles. The molecule has 3 aromatic carbocycles. The second-order valence-electron chi connectivity index (χ2n) is 4.37. The fraction of sp³-hybridized carbons (Fsp3) is 0. The van der Waals surface area contributed by atoms with E-state index in [2.05, 4.69) is 10.2 Å². The van der Waals surface area contributed by atoms with Gasteiger partial charge >= 0.3 is 0 Å². The summed E-state index contributed by atoms with van der Waals surface area (Å²) < 4.78 is 0. The van der Waals surface area contributed by atoms with Crippen LogP contribution in [0.3, 0.4) is 0 Å². The molecule has 0 unspecified atom stereocenters. The minimum absolute atomic E-state index is 0.00777. The molecule has 0 aliphatic rings. The van der Waals surface area contributed by atoms with Crippen LogP contribution in [0, 0.1) is 0 Å². The van der Waals surface area contributed by atoms with E-state index in [4.69, 9.17) is 0 Å². The molecule has 0 spiro atoms. The highest BCUT2D eigenvalue weighted by atomic mass is 16.3. The first-order chi connectivity index (χ1) is 9.74. The zero-order valence-electron chi connectivity index (χ0n) is 10.6. The maximum Gasteiger partial charge on any atom is 0.146 e. The molecule has 0 fully saturated rings. The molecule has 0 amide bonds. The number of benzene rings is 3. The maximum atomic E-state index is 9.67. The van der Waals surface area contributed by atoms with Crippen molar-refractivity contribution in [1.29, 1.82) is 0 Å². The summed E-state index contributed by atoms with van der Waals surface area (Å²) in [6, 6.07) is 17.9. The molecule has 0 atom stereocenters. The van der Waals surface area contributed by atoms with Crippen LogP contribution in [0.25, 0.3) is 10.8 Å². The van der Waals surface area contributed by atoms with Gasteiger partial charge in [0.2, 0.25) is 0 Å². The van der Waals surface area contributed by atoms with Crippen LogP contribution in [0.15, 0.2) is 70.9 Å². The number of phenolic OH excluding ortho intramolecular Hbond substituents is 2. The number of aromatic hydroxyl groups is 2. The maximum absolute atomic E-state index is 9.67. The Labute approximate surface area is 115 Å². The van der Waals surface area contributed by atoms with Crippen LogP contribution in [-0.4, -0.2) is 10.2 Å². The Hall–Kier alpha value is -2.88. The molecule has 3 aromatic rings. The minimum Gasteiger partial charge on any atom is -0.508 e. The number of rotatable bonds is 2. The van der Waals surface area contributed by atoms with E-state index >= 15 is 0 Å². The molecule has 0 radical (unpaired) electrons. The number of hydrogen-bond donors (Lipinski definition) is 2. The summed E-state index contributed by atoms with van der Waals surface area (Å²) >= 11 is 0. The highest BCUT2D eigenvalue weighted by Gasteiger charge is 2.02. The van der Waals surface area contributed by atoms with Gasteiger partial charge in [-0.3, -0.25) is 0 Å². The third-order valence-corrected chi connectivity index (χ3v) is 2.99. The molecule has 0 bridgehead atoms. The average molecular weight is 264 g/mol. The van der Waals surface area contributed by atoms with Crippen molar-refractivity contribution in [3.05, 3.63) is 60.7 Å². The molecule has 4 nitrogen and oxygen atoms in total. The summed E-state index contributed by atoms with van der Waals surface area (Å²) in [7, 11) is 0. The van der Waals surface area contributed by atoms with Gasteiger partial charge in [0.05, 0.1) is 5.69 Å². The SMILES string of the molecule is Oc1ccc(N=Nc2cccc3ccccc23)c(O)c1. The molecule has 20 heavy (non-hydrogen) atoms. The smallest absolute Gasteiger partial charge is 0.146 e. The molecule has 0 aliphatic carbocycles. The summed E-state index contributed by atoms with van der Waals surface area (Å²) in [6.45, 7) is 0. The van der Waals surface area contributed by atoms with E-state index in [9.17, 15) is 10.2 Å². The van der Waals surface area contributed by atoms with E-state index < -0.39 is 0 Å². The van der Waals surface area contributed by atoms with Crippen molar-refractivity contribution < 1.29 is 10.2 Å². The highest BCUT2D eigenvalue weighted by molar-refractivity contribution is 5.92. The zero-order chi connectivity index (χ0) is 13.9. The minimum atomic E-state index is -0.103. The van der Waals surface area contributed by atoms with Gasteiger partial charge in [-0.2, -0.15) is 0 Å². The van der Waals surface area contributed by atoms with Gasteiger partial charge in [0.15, 0.2) is 0 Å². The van der Waals surface area contributed by atoms with Crippen molar-refractivity contribution in [2.45, 2.75) is 0 Å². The molecule has 2 N–H and O–H groups in total. The Morgan fingerprint density at radius 3 is 2.30 bits per heavy atom. The first-order valence-corrected chi connectivity index (χ1v) is 6.15. The zero-order valence-corrected chi connectivity index (χ0v) is 10.6. The number of hydrogen-bond acceptors (Lipinski definition) is 4.